The summed E-state index contributed by atoms with van der Waals surface area (Å²) in [7, 11) is -3.76. The first-order chi connectivity index (χ1) is 10.9. The van der Waals surface area contributed by atoms with Crippen molar-refractivity contribution in [3.05, 3.63) is 54.2 Å². The standard InChI is InChI=1S/C15H11BrN4O2S/c16-20-9-10(8-17)13-2-1-3-14(15(13)20)19-23(21,22)12-6-4-11(18)5-7-12/h1-7,9,19H,18H2. The van der Waals surface area contributed by atoms with Crippen molar-refractivity contribution in [3.63, 3.8) is 0 Å². The predicted molar refractivity (Wildman–Crippen MR) is 92.6 cm³/mol. The van der Waals surface area contributed by atoms with Gasteiger partial charge in [-0.1, -0.05) is 12.1 Å². The largest absolute Gasteiger partial charge is 0.399 e. The Labute approximate surface area is 141 Å². The summed E-state index contributed by atoms with van der Waals surface area (Å²) in [6.07, 6.45) is 1.59. The van der Waals surface area contributed by atoms with Crippen LogP contribution in [0.3, 0.4) is 0 Å². The average Bonchev–Trinajstić information content (AvgIpc) is 2.85. The molecule has 3 aromatic rings. The Hall–Kier alpha value is -2.50. The Kier molecular flexibility index (Phi) is 3.75. The zero-order valence-electron chi connectivity index (χ0n) is 11.7. The lowest BCUT2D eigenvalue weighted by molar-refractivity contribution is 0.601. The first-order valence-electron chi connectivity index (χ1n) is 6.51. The number of halogens is 1. The molecule has 0 bridgehead atoms. The van der Waals surface area contributed by atoms with E-state index in [1.54, 1.807) is 28.0 Å². The van der Waals surface area contributed by atoms with Gasteiger partial charge in [0, 0.05) is 17.3 Å². The predicted octanol–water partition coefficient (Wildman–Crippen LogP) is 3.05. The maximum atomic E-state index is 12.5. The van der Waals surface area contributed by atoms with Crippen LogP contribution in [-0.4, -0.2) is 12.0 Å². The summed E-state index contributed by atoms with van der Waals surface area (Å²) in [6, 6.07) is 13.1. The first kappa shape index (κ1) is 15.4. The minimum Gasteiger partial charge on any atom is -0.399 e. The van der Waals surface area contributed by atoms with Crippen LogP contribution in [0.25, 0.3) is 10.9 Å². The van der Waals surface area contributed by atoms with E-state index in [4.69, 9.17) is 11.0 Å². The molecule has 23 heavy (non-hydrogen) atoms. The highest BCUT2D eigenvalue weighted by Crippen LogP contribution is 2.30. The van der Waals surface area contributed by atoms with E-state index >= 15 is 0 Å². The molecule has 3 rings (SSSR count). The summed E-state index contributed by atoms with van der Waals surface area (Å²) >= 11 is 3.30. The van der Waals surface area contributed by atoms with Gasteiger partial charge >= 0.3 is 0 Å². The maximum absolute atomic E-state index is 12.5. The van der Waals surface area contributed by atoms with Crippen molar-refractivity contribution < 1.29 is 8.42 Å². The van der Waals surface area contributed by atoms with E-state index < -0.39 is 10.0 Å². The molecule has 2 aromatic carbocycles. The minimum atomic E-state index is -3.76. The lowest BCUT2D eigenvalue weighted by Crippen LogP contribution is -2.13. The number of aromatic nitrogens is 1. The second-order valence-corrected chi connectivity index (χ2v) is 7.29. The molecule has 0 spiro atoms. The average molecular weight is 391 g/mol. The highest BCUT2D eigenvalue weighted by atomic mass is 79.9. The third-order valence-electron chi connectivity index (χ3n) is 3.34. The fourth-order valence-electron chi connectivity index (χ4n) is 2.26. The molecule has 0 aliphatic rings. The van der Waals surface area contributed by atoms with E-state index in [1.165, 1.54) is 24.3 Å². The summed E-state index contributed by atoms with van der Waals surface area (Å²) < 4.78 is 29.1. The lowest BCUT2D eigenvalue weighted by atomic mass is 10.2. The second kappa shape index (κ2) is 5.61. The zero-order valence-corrected chi connectivity index (χ0v) is 14.1. The summed E-state index contributed by atoms with van der Waals surface area (Å²) in [5.41, 5.74) is 7.46. The van der Waals surface area contributed by atoms with E-state index in [-0.39, 0.29) is 4.90 Å². The smallest absolute Gasteiger partial charge is 0.261 e. The van der Waals surface area contributed by atoms with Gasteiger partial charge in [0.05, 0.1) is 37.8 Å². The van der Waals surface area contributed by atoms with E-state index in [9.17, 15) is 8.42 Å². The normalized spacial score (nSPS) is 11.3. The van der Waals surface area contributed by atoms with Crippen LogP contribution in [0.4, 0.5) is 11.4 Å². The number of benzene rings is 2. The van der Waals surface area contributed by atoms with E-state index in [0.717, 1.165) is 0 Å². The number of nitrogen functional groups attached to an aromatic ring is 1. The zero-order chi connectivity index (χ0) is 16.6. The number of nitriles is 1. The number of hydrogen-bond donors (Lipinski definition) is 2. The number of nitrogens with two attached hydrogens (primary N) is 1. The monoisotopic (exact) mass is 390 g/mol. The molecular formula is C15H11BrN4O2S. The van der Waals surface area contributed by atoms with Crippen molar-refractivity contribution >= 4 is 48.4 Å². The Bertz CT molecular complexity index is 1030. The highest BCUT2D eigenvalue weighted by Gasteiger charge is 2.18. The SMILES string of the molecule is N#Cc1cn(Br)c2c(NS(=O)(=O)c3ccc(N)cc3)cccc12. The summed E-state index contributed by atoms with van der Waals surface area (Å²) in [5, 5.41) is 9.80. The van der Waals surface area contributed by atoms with Gasteiger partial charge in [-0.15, -0.1) is 0 Å². The van der Waals surface area contributed by atoms with Crippen LogP contribution in [0.5, 0.6) is 0 Å². The lowest BCUT2D eigenvalue weighted by Gasteiger charge is -2.10. The molecule has 0 unspecified atom stereocenters. The number of nitrogens with zero attached hydrogens (tertiary/aromatic N) is 2. The van der Waals surface area contributed by atoms with Gasteiger partial charge in [0.25, 0.3) is 10.0 Å². The molecule has 3 N–H and O–H groups in total. The molecule has 1 aromatic heterocycles. The van der Waals surface area contributed by atoms with Crippen LogP contribution in [0.2, 0.25) is 0 Å². The Balaban J connectivity index is 2.10. The van der Waals surface area contributed by atoms with Crippen LogP contribution in [-0.2, 0) is 10.0 Å². The second-order valence-electron chi connectivity index (χ2n) is 4.84. The van der Waals surface area contributed by atoms with Crippen LogP contribution >= 0.6 is 16.1 Å². The molecular weight excluding hydrogens is 380 g/mol. The van der Waals surface area contributed by atoms with Gasteiger partial charge in [0.15, 0.2) is 0 Å². The summed E-state index contributed by atoms with van der Waals surface area (Å²) in [6.45, 7) is 0. The molecule has 0 radical (unpaired) electrons. The number of fused-ring (bicyclic) bond motifs is 1. The highest BCUT2D eigenvalue weighted by molar-refractivity contribution is 9.08. The van der Waals surface area contributed by atoms with Crippen LogP contribution < -0.4 is 10.5 Å². The molecule has 8 heteroatoms. The number of anilines is 2. The van der Waals surface area contributed by atoms with E-state index in [0.29, 0.717) is 27.8 Å². The molecule has 0 saturated carbocycles. The van der Waals surface area contributed by atoms with E-state index in [2.05, 4.69) is 26.9 Å². The van der Waals surface area contributed by atoms with Gasteiger partial charge in [-0.2, -0.15) is 5.26 Å². The van der Waals surface area contributed by atoms with Crippen LogP contribution in [0, 0.1) is 11.3 Å². The maximum Gasteiger partial charge on any atom is 0.261 e. The van der Waals surface area contributed by atoms with Gasteiger partial charge in [0.1, 0.15) is 6.07 Å². The topological polar surface area (TPSA) is 101 Å². The van der Waals surface area contributed by atoms with E-state index in [1.807, 2.05) is 0 Å². The third kappa shape index (κ3) is 2.76. The minimum absolute atomic E-state index is 0.108. The van der Waals surface area contributed by atoms with Crippen molar-refractivity contribution in [3.8, 4) is 6.07 Å². The Morgan fingerprint density at radius 1 is 1.17 bits per heavy atom. The van der Waals surface area contributed by atoms with Gasteiger partial charge in [0.2, 0.25) is 0 Å². The molecule has 0 fully saturated rings. The Morgan fingerprint density at radius 2 is 1.87 bits per heavy atom. The summed E-state index contributed by atoms with van der Waals surface area (Å²) in [5.74, 6) is 0. The number of para-hydroxylation sites is 1. The number of hydrogen-bond acceptors (Lipinski definition) is 4. The molecule has 0 amide bonds. The van der Waals surface area contributed by atoms with Crippen molar-refractivity contribution in [2.75, 3.05) is 10.5 Å². The molecule has 0 aliphatic heterocycles. The molecule has 6 nitrogen and oxygen atoms in total. The molecule has 0 saturated heterocycles. The summed E-state index contributed by atoms with van der Waals surface area (Å²) in [4.78, 5) is 0.108. The van der Waals surface area contributed by atoms with Gasteiger partial charge in [-0.3, -0.25) is 8.32 Å². The molecule has 1 heterocycles. The van der Waals surface area contributed by atoms with Gasteiger partial charge in [-0.25, -0.2) is 8.42 Å². The van der Waals surface area contributed by atoms with Crippen molar-refractivity contribution in [1.82, 2.24) is 3.59 Å². The number of sulfonamides is 1. The van der Waals surface area contributed by atoms with Crippen LogP contribution in [0.15, 0.2) is 53.6 Å². The quantitative estimate of drug-likeness (QED) is 0.670. The van der Waals surface area contributed by atoms with Crippen molar-refractivity contribution in [2.45, 2.75) is 4.90 Å². The number of nitrogens with one attached hydrogen (secondary N) is 1. The van der Waals surface area contributed by atoms with Gasteiger partial charge < -0.3 is 5.73 Å². The van der Waals surface area contributed by atoms with Gasteiger partial charge in [-0.05, 0) is 30.3 Å². The fourth-order valence-corrected chi connectivity index (χ4v) is 3.91. The third-order valence-corrected chi connectivity index (χ3v) is 5.28. The van der Waals surface area contributed by atoms with Crippen LogP contribution in [0.1, 0.15) is 5.56 Å². The first-order valence-corrected chi connectivity index (χ1v) is 8.70. The molecule has 0 atom stereocenters. The van der Waals surface area contributed by atoms with Crippen molar-refractivity contribution in [1.29, 1.82) is 5.26 Å². The Morgan fingerprint density at radius 3 is 2.52 bits per heavy atom. The molecule has 0 aliphatic carbocycles. The molecule has 116 valence electrons. The van der Waals surface area contributed by atoms with Crippen molar-refractivity contribution in [2.24, 2.45) is 0 Å². The number of rotatable bonds is 3. The fraction of sp³-hybridized carbons (Fsp3) is 0.